The van der Waals surface area contributed by atoms with E-state index in [2.05, 4.69) is 30.9 Å². The summed E-state index contributed by atoms with van der Waals surface area (Å²) in [5, 5.41) is 3.43. The molecule has 0 aromatic rings. The van der Waals surface area contributed by atoms with Gasteiger partial charge >= 0.3 is 8.56 Å². The molecule has 0 spiro atoms. The van der Waals surface area contributed by atoms with E-state index in [1.54, 1.807) is 14.2 Å². The number of nitrogens with zero attached hydrogens (tertiary/aromatic N) is 1. The van der Waals surface area contributed by atoms with Crippen LogP contribution in [0, 0.1) is 0 Å². The summed E-state index contributed by atoms with van der Waals surface area (Å²) in [6, 6.07) is 1.08. The summed E-state index contributed by atoms with van der Waals surface area (Å²) in [7, 11) is 5.88. The predicted octanol–water partition coefficient (Wildman–Crippen LogP) is 1.28. The van der Waals surface area contributed by atoms with Crippen LogP contribution in [0.2, 0.25) is 12.6 Å². The predicted molar refractivity (Wildman–Crippen MR) is 71.1 cm³/mol. The Kier molecular flexibility index (Phi) is 9.16. The molecule has 0 bridgehead atoms. The summed E-state index contributed by atoms with van der Waals surface area (Å²) in [4.78, 5) is 2.19. The van der Waals surface area contributed by atoms with E-state index in [0.717, 1.165) is 25.7 Å². The largest absolute Gasteiger partial charge is 0.398 e. The van der Waals surface area contributed by atoms with Crippen molar-refractivity contribution in [3.63, 3.8) is 0 Å². The zero-order valence-electron chi connectivity index (χ0n) is 11.5. The maximum Gasteiger partial charge on any atom is 0.334 e. The molecule has 16 heavy (non-hydrogen) atoms. The summed E-state index contributed by atoms with van der Waals surface area (Å²) < 4.78 is 10.9. The maximum absolute atomic E-state index is 5.44. The average molecular weight is 248 g/mol. The first-order valence-corrected chi connectivity index (χ1v) is 8.52. The van der Waals surface area contributed by atoms with Gasteiger partial charge in [-0.25, -0.2) is 0 Å². The van der Waals surface area contributed by atoms with Crippen molar-refractivity contribution in [2.24, 2.45) is 0 Å². The summed E-state index contributed by atoms with van der Waals surface area (Å²) >= 11 is 0. The van der Waals surface area contributed by atoms with E-state index in [-0.39, 0.29) is 0 Å². The minimum Gasteiger partial charge on any atom is -0.398 e. The lowest BCUT2D eigenvalue weighted by Crippen LogP contribution is -2.36. The van der Waals surface area contributed by atoms with Gasteiger partial charge in [0.1, 0.15) is 0 Å². The Hall–Kier alpha value is 0.0569. The topological polar surface area (TPSA) is 33.7 Å². The summed E-state index contributed by atoms with van der Waals surface area (Å²) in [5.41, 5.74) is 0. The first-order valence-electron chi connectivity index (χ1n) is 6.00. The van der Waals surface area contributed by atoms with Gasteiger partial charge in [-0.05, 0) is 39.7 Å². The molecule has 0 rings (SSSR count). The van der Waals surface area contributed by atoms with Crippen molar-refractivity contribution in [3.8, 4) is 0 Å². The highest BCUT2D eigenvalue weighted by Gasteiger charge is 2.27. The molecule has 0 aromatic carbocycles. The summed E-state index contributed by atoms with van der Waals surface area (Å²) in [5.74, 6) is 0. The number of hydrogen-bond donors (Lipinski definition) is 1. The van der Waals surface area contributed by atoms with E-state index in [1.807, 2.05) is 0 Å². The monoisotopic (exact) mass is 248 g/mol. The smallest absolute Gasteiger partial charge is 0.334 e. The van der Waals surface area contributed by atoms with Gasteiger partial charge in [-0.3, -0.25) is 0 Å². The highest BCUT2D eigenvalue weighted by molar-refractivity contribution is 6.65. The van der Waals surface area contributed by atoms with E-state index in [1.165, 1.54) is 12.8 Å². The van der Waals surface area contributed by atoms with E-state index >= 15 is 0 Å². The van der Waals surface area contributed by atoms with Gasteiger partial charge in [0.2, 0.25) is 0 Å². The van der Waals surface area contributed by atoms with E-state index < -0.39 is 8.56 Å². The molecule has 0 aliphatic carbocycles. The van der Waals surface area contributed by atoms with Crippen molar-refractivity contribution in [3.05, 3.63) is 0 Å². The molecule has 0 atom stereocenters. The Morgan fingerprint density at radius 1 is 1.06 bits per heavy atom. The van der Waals surface area contributed by atoms with E-state index in [4.69, 9.17) is 8.85 Å². The molecule has 0 heterocycles. The quantitative estimate of drug-likeness (QED) is 0.466. The van der Waals surface area contributed by atoms with Crippen LogP contribution in [0.5, 0.6) is 0 Å². The minimum absolute atomic E-state index is 1.07. The number of rotatable bonds is 10. The van der Waals surface area contributed by atoms with Crippen LogP contribution >= 0.6 is 0 Å². The van der Waals surface area contributed by atoms with Crippen molar-refractivity contribution in [1.29, 1.82) is 0 Å². The van der Waals surface area contributed by atoms with Crippen LogP contribution in [0.4, 0.5) is 0 Å². The standard InChI is InChI=1S/C11H28N2O2Si/c1-13(2)10-9-12-8-6-7-11-16(5,14-3)15-4/h12H,6-11H2,1-5H3. The van der Waals surface area contributed by atoms with Crippen molar-refractivity contribution < 1.29 is 8.85 Å². The third-order valence-electron chi connectivity index (χ3n) is 2.83. The highest BCUT2D eigenvalue weighted by Crippen LogP contribution is 2.14. The molecule has 1 N–H and O–H groups in total. The molecule has 0 aromatic heterocycles. The fraction of sp³-hybridized carbons (Fsp3) is 1.00. The molecule has 0 unspecified atom stereocenters. The van der Waals surface area contributed by atoms with Gasteiger partial charge in [0.05, 0.1) is 0 Å². The Labute approximate surface area is 102 Å². The molecule has 4 nitrogen and oxygen atoms in total. The minimum atomic E-state index is -1.82. The first kappa shape index (κ1) is 16.1. The van der Waals surface area contributed by atoms with Crippen molar-refractivity contribution >= 4 is 8.56 Å². The number of unbranched alkanes of at least 4 members (excludes halogenated alkanes) is 1. The fourth-order valence-electron chi connectivity index (χ4n) is 1.41. The zero-order chi connectivity index (χ0) is 12.4. The fourth-order valence-corrected chi connectivity index (χ4v) is 2.88. The number of likely N-dealkylation sites (N-methyl/N-ethyl adjacent to an activating group) is 1. The van der Waals surface area contributed by atoms with Gasteiger partial charge in [0.15, 0.2) is 0 Å². The molecule has 5 heteroatoms. The second-order valence-electron chi connectivity index (χ2n) is 4.55. The maximum atomic E-state index is 5.44. The van der Waals surface area contributed by atoms with Gasteiger partial charge < -0.3 is 19.1 Å². The Balaban J connectivity index is 3.33. The van der Waals surface area contributed by atoms with Crippen LogP contribution in [0.15, 0.2) is 0 Å². The SMILES string of the molecule is CO[Si](C)(CCCCNCCN(C)C)OC. The van der Waals surface area contributed by atoms with Crippen LogP contribution in [-0.2, 0) is 8.85 Å². The molecule has 0 aliphatic heterocycles. The van der Waals surface area contributed by atoms with Gasteiger partial charge in [-0.2, -0.15) is 0 Å². The lowest BCUT2D eigenvalue weighted by Gasteiger charge is -2.22. The molecule has 0 radical (unpaired) electrons. The third-order valence-corrected chi connectivity index (χ3v) is 5.82. The van der Waals surface area contributed by atoms with Gasteiger partial charge in [0, 0.05) is 27.3 Å². The summed E-state index contributed by atoms with van der Waals surface area (Å²) in [6.45, 7) is 5.37. The summed E-state index contributed by atoms with van der Waals surface area (Å²) in [6.07, 6.45) is 2.38. The first-order chi connectivity index (χ1) is 7.54. The number of nitrogens with one attached hydrogen (secondary N) is 1. The van der Waals surface area contributed by atoms with Crippen molar-refractivity contribution in [1.82, 2.24) is 10.2 Å². The van der Waals surface area contributed by atoms with Crippen LogP contribution in [0.1, 0.15) is 12.8 Å². The van der Waals surface area contributed by atoms with Crippen LogP contribution in [0.25, 0.3) is 0 Å². The second-order valence-corrected chi connectivity index (χ2v) is 8.14. The Morgan fingerprint density at radius 3 is 2.19 bits per heavy atom. The molecule has 0 aliphatic rings. The Bertz CT molecular complexity index is 164. The zero-order valence-corrected chi connectivity index (χ0v) is 12.5. The van der Waals surface area contributed by atoms with Gasteiger partial charge in [0.25, 0.3) is 0 Å². The van der Waals surface area contributed by atoms with Gasteiger partial charge in [-0.15, -0.1) is 0 Å². The molecule has 0 saturated carbocycles. The van der Waals surface area contributed by atoms with Crippen molar-refractivity contribution in [2.75, 3.05) is 47.9 Å². The van der Waals surface area contributed by atoms with E-state index in [0.29, 0.717) is 0 Å². The molecule has 98 valence electrons. The molecule has 0 amide bonds. The normalized spacial score (nSPS) is 12.4. The Morgan fingerprint density at radius 2 is 1.69 bits per heavy atom. The third kappa shape index (κ3) is 8.24. The average Bonchev–Trinajstić information content (AvgIpc) is 2.27. The lowest BCUT2D eigenvalue weighted by atomic mass is 10.3. The molecular formula is C11H28N2O2Si. The second kappa shape index (κ2) is 9.12. The lowest BCUT2D eigenvalue weighted by molar-refractivity contribution is 0.248. The van der Waals surface area contributed by atoms with Crippen LogP contribution in [-0.4, -0.2) is 61.4 Å². The molecular weight excluding hydrogens is 220 g/mol. The van der Waals surface area contributed by atoms with Crippen LogP contribution < -0.4 is 5.32 Å². The molecule has 0 saturated heterocycles. The van der Waals surface area contributed by atoms with Crippen LogP contribution in [0.3, 0.4) is 0 Å². The highest BCUT2D eigenvalue weighted by atomic mass is 28.4. The number of hydrogen-bond acceptors (Lipinski definition) is 4. The van der Waals surface area contributed by atoms with E-state index in [9.17, 15) is 0 Å². The molecule has 0 fully saturated rings. The van der Waals surface area contributed by atoms with Crippen molar-refractivity contribution in [2.45, 2.75) is 25.4 Å². The van der Waals surface area contributed by atoms with Gasteiger partial charge in [-0.1, -0.05) is 6.42 Å².